The molecule has 0 saturated carbocycles. The first kappa shape index (κ1) is 9.71. The van der Waals surface area contributed by atoms with Crippen LogP contribution in [-0.2, 0) is 6.54 Å². The minimum absolute atomic E-state index is 0.638. The van der Waals surface area contributed by atoms with Gasteiger partial charge in [0.1, 0.15) is 0 Å². The Bertz CT molecular complexity index is 424. The third-order valence-electron chi connectivity index (χ3n) is 1.70. The second-order valence-corrected chi connectivity index (χ2v) is 4.47. The zero-order chi connectivity index (χ0) is 9.97. The van der Waals surface area contributed by atoms with Gasteiger partial charge >= 0.3 is 0 Å². The van der Waals surface area contributed by atoms with Gasteiger partial charge in [0.05, 0.1) is 22.0 Å². The van der Waals surface area contributed by atoms with Crippen molar-refractivity contribution in [3.05, 3.63) is 28.6 Å². The molecule has 0 aliphatic heterocycles. The van der Waals surface area contributed by atoms with E-state index in [9.17, 15) is 0 Å². The van der Waals surface area contributed by atoms with Crippen molar-refractivity contribution in [3.8, 4) is 10.6 Å². The van der Waals surface area contributed by atoms with Crippen molar-refractivity contribution in [1.82, 2.24) is 10.3 Å². The number of nitrogens with zero attached hydrogens (tertiary/aromatic N) is 1. The van der Waals surface area contributed by atoms with Crippen LogP contribution in [0, 0.1) is 0 Å². The van der Waals surface area contributed by atoms with Crippen LogP contribution < -0.4 is 5.32 Å². The SMILES string of the molecule is CNCc1ncc(-c2ccc(Cl)s2)o1. The van der Waals surface area contributed by atoms with Gasteiger partial charge in [-0.2, -0.15) is 0 Å². The summed E-state index contributed by atoms with van der Waals surface area (Å²) in [4.78, 5) is 5.13. The van der Waals surface area contributed by atoms with E-state index in [2.05, 4.69) is 10.3 Å². The molecule has 0 amide bonds. The molecule has 0 atom stereocenters. The van der Waals surface area contributed by atoms with Gasteiger partial charge in [-0.3, -0.25) is 0 Å². The fourth-order valence-electron chi connectivity index (χ4n) is 1.10. The number of hydrogen-bond donors (Lipinski definition) is 1. The topological polar surface area (TPSA) is 38.1 Å². The van der Waals surface area contributed by atoms with E-state index in [1.54, 1.807) is 6.20 Å². The lowest BCUT2D eigenvalue weighted by Gasteiger charge is -1.91. The number of rotatable bonds is 3. The molecule has 0 radical (unpaired) electrons. The van der Waals surface area contributed by atoms with E-state index in [1.165, 1.54) is 11.3 Å². The van der Waals surface area contributed by atoms with E-state index in [0.29, 0.717) is 12.4 Å². The van der Waals surface area contributed by atoms with Crippen molar-refractivity contribution in [2.45, 2.75) is 6.54 Å². The predicted molar refractivity (Wildman–Crippen MR) is 57.6 cm³/mol. The molecule has 14 heavy (non-hydrogen) atoms. The number of nitrogens with one attached hydrogen (secondary N) is 1. The maximum absolute atomic E-state index is 5.82. The summed E-state index contributed by atoms with van der Waals surface area (Å²) >= 11 is 7.31. The summed E-state index contributed by atoms with van der Waals surface area (Å²) in [6.07, 6.45) is 1.72. The molecule has 2 heterocycles. The summed E-state index contributed by atoms with van der Waals surface area (Å²) in [6, 6.07) is 3.78. The first-order valence-electron chi connectivity index (χ1n) is 4.14. The zero-order valence-electron chi connectivity index (χ0n) is 7.58. The minimum atomic E-state index is 0.638. The van der Waals surface area contributed by atoms with Crippen molar-refractivity contribution >= 4 is 22.9 Å². The average molecular weight is 229 g/mol. The number of oxazole rings is 1. The van der Waals surface area contributed by atoms with E-state index in [4.69, 9.17) is 16.0 Å². The van der Waals surface area contributed by atoms with Crippen LogP contribution >= 0.6 is 22.9 Å². The van der Waals surface area contributed by atoms with Gasteiger partial charge in [0.25, 0.3) is 0 Å². The van der Waals surface area contributed by atoms with Crippen LogP contribution in [0.5, 0.6) is 0 Å². The van der Waals surface area contributed by atoms with Crippen LogP contribution in [0.2, 0.25) is 4.34 Å². The first-order chi connectivity index (χ1) is 6.79. The number of hydrogen-bond acceptors (Lipinski definition) is 4. The van der Waals surface area contributed by atoms with E-state index >= 15 is 0 Å². The van der Waals surface area contributed by atoms with Gasteiger partial charge in [0.2, 0.25) is 5.89 Å². The summed E-state index contributed by atoms with van der Waals surface area (Å²) in [6.45, 7) is 0.638. The molecule has 2 rings (SSSR count). The Morgan fingerprint density at radius 2 is 2.43 bits per heavy atom. The Balaban J connectivity index is 2.24. The Kier molecular flexibility index (Phi) is 2.86. The van der Waals surface area contributed by atoms with Crippen LogP contribution in [0.25, 0.3) is 10.6 Å². The standard InChI is InChI=1S/C9H9ClN2OS/c1-11-5-9-12-4-6(13-9)7-2-3-8(10)14-7/h2-4,11H,5H2,1H3. The summed E-state index contributed by atoms with van der Waals surface area (Å²) in [5.74, 6) is 1.46. The van der Waals surface area contributed by atoms with Crippen molar-refractivity contribution in [2.75, 3.05) is 7.05 Å². The molecule has 5 heteroatoms. The van der Waals surface area contributed by atoms with Gasteiger partial charge in [-0.1, -0.05) is 11.6 Å². The quantitative estimate of drug-likeness (QED) is 0.878. The molecule has 0 spiro atoms. The van der Waals surface area contributed by atoms with Crippen molar-refractivity contribution in [1.29, 1.82) is 0 Å². The smallest absolute Gasteiger partial charge is 0.208 e. The van der Waals surface area contributed by atoms with E-state index in [1.807, 2.05) is 19.2 Å². The average Bonchev–Trinajstić information content (AvgIpc) is 2.74. The zero-order valence-corrected chi connectivity index (χ0v) is 9.15. The second kappa shape index (κ2) is 4.13. The van der Waals surface area contributed by atoms with Crippen LogP contribution in [-0.4, -0.2) is 12.0 Å². The van der Waals surface area contributed by atoms with E-state index in [0.717, 1.165) is 15.0 Å². The van der Waals surface area contributed by atoms with Crippen molar-refractivity contribution < 1.29 is 4.42 Å². The molecule has 2 aromatic rings. The van der Waals surface area contributed by atoms with Gasteiger partial charge in [-0.25, -0.2) is 4.98 Å². The highest BCUT2D eigenvalue weighted by atomic mass is 35.5. The molecule has 0 bridgehead atoms. The Morgan fingerprint density at radius 1 is 1.57 bits per heavy atom. The summed E-state index contributed by atoms with van der Waals surface area (Å²) < 4.78 is 6.26. The fourth-order valence-corrected chi connectivity index (χ4v) is 2.09. The van der Waals surface area contributed by atoms with Crippen LogP contribution in [0.3, 0.4) is 0 Å². The molecule has 0 saturated heterocycles. The lowest BCUT2D eigenvalue weighted by Crippen LogP contribution is -2.04. The van der Waals surface area contributed by atoms with Gasteiger partial charge < -0.3 is 9.73 Å². The molecule has 0 aliphatic carbocycles. The third-order valence-corrected chi connectivity index (χ3v) is 2.94. The van der Waals surface area contributed by atoms with Crippen LogP contribution in [0.1, 0.15) is 5.89 Å². The maximum atomic E-state index is 5.82. The lowest BCUT2D eigenvalue weighted by molar-refractivity contribution is 0.492. The fraction of sp³-hybridized carbons (Fsp3) is 0.222. The molecule has 0 unspecified atom stereocenters. The molecule has 0 aromatic carbocycles. The number of thiophene rings is 1. The van der Waals surface area contributed by atoms with Gasteiger partial charge in [0, 0.05) is 0 Å². The van der Waals surface area contributed by atoms with Crippen molar-refractivity contribution in [3.63, 3.8) is 0 Å². The Morgan fingerprint density at radius 3 is 3.07 bits per heavy atom. The highest BCUT2D eigenvalue weighted by Gasteiger charge is 2.07. The van der Waals surface area contributed by atoms with E-state index in [-0.39, 0.29) is 0 Å². The second-order valence-electron chi connectivity index (χ2n) is 2.75. The summed E-state index contributed by atoms with van der Waals surface area (Å²) in [5, 5.41) is 2.98. The largest absolute Gasteiger partial charge is 0.438 e. The molecule has 1 N–H and O–H groups in total. The van der Waals surface area contributed by atoms with Crippen molar-refractivity contribution in [2.24, 2.45) is 0 Å². The van der Waals surface area contributed by atoms with Gasteiger partial charge in [-0.15, -0.1) is 11.3 Å². The molecule has 74 valence electrons. The third kappa shape index (κ3) is 1.97. The normalized spacial score (nSPS) is 10.7. The number of aromatic nitrogens is 1. The maximum Gasteiger partial charge on any atom is 0.208 e. The summed E-state index contributed by atoms with van der Waals surface area (Å²) in [5.41, 5.74) is 0. The predicted octanol–water partition coefficient (Wildman–Crippen LogP) is 2.78. The van der Waals surface area contributed by atoms with E-state index < -0.39 is 0 Å². The minimum Gasteiger partial charge on any atom is -0.438 e. The Hall–Kier alpha value is -0.840. The van der Waals surface area contributed by atoms with Gasteiger partial charge in [-0.05, 0) is 19.2 Å². The first-order valence-corrected chi connectivity index (χ1v) is 5.34. The molecule has 2 aromatic heterocycles. The van der Waals surface area contributed by atoms with Crippen LogP contribution in [0.4, 0.5) is 0 Å². The molecule has 3 nitrogen and oxygen atoms in total. The van der Waals surface area contributed by atoms with Crippen LogP contribution in [0.15, 0.2) is 22.7 Å². The monoisotopic (exact) mass is 228 g/mol. The van der Waals surface area contributed by atoms with Gasteiger partial charge in [0.15, 0.2) is 5.76 Å². The molecule has 0 aliphatic rings. The number of halogens is 1. The molecule has 0 fully saturated rings. The highest BCUT2D eigenvalue weighted by Crippen LogP contribution is 2.31. The highest BCUT2D eigenvalue weighted by molar-refractivity contribution is 7.19. The molecular weight excluding hydrogens is 220 g/mol. The molecular formula is C9H9ClN2OS. The lowest BCUT2D eigenvalue weighted by atomic mass is 10.4. The Labute approximate surface area is 90.7 Å². The summed E-state index contributed by atoms with van der Waals surface area (Å²) in [7, 11) is 1.85.